The van der Waals surface area contributed by atoms with Crippen molar-refractivity contribution in [1.29, 1.82) is 0 Å². The van der Waals surface area contributed by atoms with Gasteiger partial charge in [-0.1, -0.05) is 43.7 Å². The fourth-order valence-electron chi connectivity index (χ4n) is 4.21. The summed E-state index contributed by atoms with van der Waals surface area (Å²) in [6, 6.07) is 13.2. The lowest BCUT2D eigenvalue weighted by molar-refractivity contribution is 0.564. The minimum Gasteiger partial charge on any atom is -0.292 e. The van der Waals surface area contributed by atoms with E-state index in [1.807, 2.05) is 30.3 Å². The summed E-state index contributed by atoms with van der Waals surface area (Å²) in [4.78, 5) is 17.5. The van der Waals surface area contributed by atoms with Gasteiger partial charge < -0.3 is 0 Å². The highest BCUT2D eigenvalue weighted by Gasteiger charge is 2.18. The number of para-hydroxylation sites is 1. The van der Waals surface area contributed by atoms with E-state index in [4.69, 9.17) is 0 Å². The smallest absolute Gasteiger partial charge is 0.292 e. The molecule has 10 heteroatoms. The zero-order valence-corrected chi connectivity index (χ0v) is 19.5. The van der Waals surface area contributed by atoms with Gasteiger partial charge in [0.15, 0.2) is 5.82 Å². The highest BCUT2D eigenvalue weighted by Crippen LogP contribution is 2.29. The molecule has 36 heavy (non-hydrogen) atoms. The van der Waals surface area contributed by atoms with Crippen LogP contribution in [0.4, 0.5) is 8.78 Å². The second-order valence-electron chi connectivity index (χ2n) is 8.40. The number of benzene rings is 2. The molecule has 0 aliphatic heterocycles. The lowest BCUT2D eigenvalue weighted by Gasteiger charge is -2.10. The fourth-order valence-corrected chi connectivity index (χ4v) is 4.21. The molecule has 0 bridgehead atoms. The van der Waals surface area contributed by atoms with Crippen molar-refractivity contribution in [1.82, 2.24) is 34.7 Å². The molecule has 0 unspecified atom stereocenters. The minimum absolute atomic E-state index is 0.274. The highest BCUT2D eigenvalue weighted by atomic mass is 19.1. The average Bonchev–Trinajstić information content (AvgIpc) is 3.53. The molecule has 182 valence electrons. The molecule has 5 aromatic rings. The standard InChI is InChI=1S/C26H23F2N7O/c1-2-3-5-19-16-35(24-22(27)6-4-7-23(24)28)26(36)34(19)15-17-8-10-18(11-9-17)20-12-13-29-14-21(20)25-30-32-33-31-25/h4,6-14,16H,2-3,5,15H2,1H3,(H,30,31,32,33). The minimum atomic E-state index is -0.782. The molecular formula is C26H23F2N7O. The Hall–Kier alpha value is -4.47. The van der Waals surface area contributed by atoms with Crippen molar-refractivity contribution in [2.45, 2.75) is 32.7 Å². The Bertz CT molecular complexity index is 1520. The number of hydrogen-bond acceptors (Lipinski definition) is 5. The molecule has 0 saturated heterocycles. The normalized spacial score (nSPS) is 11.2. The van der Waals surface area contributed by atoms with Crippen LogP contribution in [0.25, 0.3) is 28.2 Å². The van der Waals surface area contributed by atoms with Gasteiger partial charge in [-0.25, -0.2) is 18.7 Å². The number of nitrogens with one attached hydrogen (secondary N) is 1. The molecule has 8 nitrogen and oxygen atoms in total. The van der Waals surface area contributed by atoms with E-state index in [2.05, 4.69) is 32.5 Å². The average molecular weight is 488 g/mol. The summed E-state index contributed by atoms with van der Waals surface area (Å²) < 4.78 is 31.5. The van der Waals surface area contributed by atoms with Crippen LogP contribution in [-0.4, -0.2) is 34.7 Å². The monoisotopic (exact) mass is 487 g/mol. The van der Waals surface area contributed by atoms with Crippen LogP contribution in [0.3, 0.4) is 0 Å². The molecule has 0 aliphatic carbocycles. The summed E-state index contributed by atoms with van der Waals surface area (Å²) in [6.07, 6.45) is 7.33. The van der Waals surface area contributed by atoms with E-state index < -0.39 is 17.3 Å². The third-order valence-corrected chi connectivity index (χ3v) is 6.05. The summed E-state index contributed by atoms with van der Waals surface area (Å²) in [6.45, 7) is 2.33. The zero-order chi connectivity index (χ0) is 25.1. The summed E-state index contributed by atoms with van der Waals surface area (Å²) in [5.74, 6) is -1.05. The van der Waals surface area contributed by atoms with Crippen molar-refractivity contribution in [3.63, 3.8) is 0 Å². The van der Waals surface area contributed by atoms with Crippen LogP contribution in [0.1, 0.15) is 31.0 Å². The Labute approximate surface area is 205 Å². The summed E-state index contributed by atoms with van der Waals surface area (Å²) >= 11 is 0. The second kappa shape index (κ2) is 10.0. The number of pyridine rings is 1. The molecule has 0 spiro atoms. The van der Waals surface area contributed by atoms with Crippen LogP contribution in [0, 0.1) is 11.6 Å². The van der Waals surface area contributed by atoms with Gasteiger partial charge in [0.05, 0.1) is 6.54 Å². The molecule has 3 heterocycles. The molecular weight excluding hydrogens is 464 g/mol. The van der Waals surface area contributed by atoms with E-state index >= 15 is 0 Å². The van der Waals surface area contributed by atoms with Gasteiger partial charge >= 0.3 is 5.69 Å². The molecule has 1 N–H and O–H groups in total. The number of tetrazole rings is 1. The van der Waals surface area contributed by atoms with Crippen LogP contribution in [0.2, 0.25) is 0 Å². The van der Waals surface area contributed by atoms with Gasteiger partial charge in [0.1, 0.15) is 17.3 Å². The Kier molecular flexibility index (Phi) is 6.48. The maximum Gasteiger partial charge on any atom is 0.333 e. The van der Waals surface area contributed by atoms with Crippen molar-refractivity contribution in [3.05, 3.63) is 100 Å². The number of aryl methyl sites for hydroxylation is 1. The summed E-state index contributed by atoms with van der Waals surface area (Å²) in [7, 11) is 0. The number of aromatic nitrogens is 7. The number of unbranched alkanes of at least 4 members (excludes halogenated alkanes) is 1. The Balaban J connectivity index is 1.49. The number of aromatic amines is 1. The van der Waals surface area contributed by atoms with Crippen LogP contribution < -0.4 is 5.69 Å². The number of imidazole rings is 1. The number of H-pyrrole nitrogens is 1. The van der Waals surface area contributed by atoms with E-state index in [-0.39, 0.29) is 12.2 Å². The van der Waals surface area contributed by atoms with Gasteiger partial charge in [-0.3, -0.25) is 14.1 Å². The number of halogens is 2. The van der Waals surface area contributed by atoms with Crippen molar-refractivity contribution in [2.75, 3.05) is 0 Å². The predicted molar refractivity (Wildman–Crippen MR) is 131 cm³/mol. The van der Waals surface area contributed by atoms with E-state index in [0.29, 0.717) is 12.2 Å². The van der Waals surface area contributed by atoms with Gasteiger partial charge in [-0.05, 0) is 58.2 Å². The second-order valence-corrected chi connectivity index (χ2v) is 8.40. The molecule has 2 aromatic carbocycles. The number of hydrogen-bond donors (Lipinski definition) is 1. The lowest BCUT2D eigenvalue weighted by atomic mass is 10.00. The number of rotatable bonds is 8. The molecule has 0 fully saturated rings. The van der Waals surface area contributed by atoms with Crippen molar-refractivity contribution in [3.8, 4) is 28.2 Å². The molecule has 5 rings (SSSR count). The first-order chi connectivity index (χ1) is 17.6. The Morgan fingerprint density at radius 3 is 2.47 bits per heavy atom. The third kappa shape index (κ3) is 4.45. The Morgan fingerprint density at radius 2 is 1.78 bits per heavy atom. The molecule has 0 saturated carbocycles. The Morgan fingerprint density at radius 1 is 1.00 bits per heavy atom. The van der Waals surface area contributed by atoms with Crippen molar-refractivity contribution < 1.29 is 8.78 Å². The topological polar surface area (TPSA) is 94.3 Å². The van der Waals surface area contributed by atoms with Gasteiger partial charge in [-0.15, -0.1) is 5.10 Å². The number of nitrogens with zero attached hydrogens (tertiary/aromatic N) is 6. The SMILES string of the molecule is CCCCc1cn(-c2c(F)cccc2F)c(=O)n1Cc1ccc(-c2ccncc2-c2nnn[nH]2)cc1. The van der Waals surface area contributed by atoms with Crippen LogP contribution >= 0.6 is 0 Å². The van der Waals surface area contributed by atoms with Gasteiger partial charge in [-0.2, -0.15) is 0 Å². The zero-order valence-electron chi connectivity index (χ0n) is 19.5. The van der Waals surface area contributed by atoms with E-state index in [1.54, 1.807) is 23.2 Å². The fraction of sp³-hybridized carbons (Fsp3) is 0.192. The largest absolute Gasteiger partial charge is 0.333 e. The molecule has 3 aromatic heterocycles. The van der Waals surface area contributed by atoms with E-state index in [0.717, 1.165) is 57.5 Å². The van der Waals surface area contributed by atoms with Gasteiger partial charge in [0.25, 0.3) is 0 Å². The summed E-state index contributed by atoms with van der Waals surface area (Å²) in [5, 5.41) is 14.0. The molecule has 0 aliphatic rings. The maximum atomic E-state index is 14.4. The third-order valence-electron chi connectivity index (χ3n) is 6.05. The van der Waals surface area contributed by atoms with Crippen LogP contribution in [-0.2, 0) is 13.0 Å². The van der Waals surface area contributed by atoms with Gasteiger partial charge in [0, 0.05) is 29.8 Å². The first-order valence-electron chi connectivity index (χ1n) is 11.6. The van der Waals surface area contributed by atoms with Crippen LogP contribution in [0.15, 0.2) is 71.9 Å². The first kappa shape index (κ1) is 23.3. The van der Waals surface area contributed by atoms with Crippen molar-refractivity contribution in [2.24, 2.45) is 0 Å². The first-order valence-corrected chi connectivity index (χ1v) is 11.6. The van der Waals surface area contributed by atoms with E-state index in [1.165, 1.54) is 6.07 Å². The quantitative estimate of drug-likeness (QED) is 0.347. The molecule has 0 radical (unpaired) electrons. The van der Waals surface area contributed by atoms with Gasteiger partial charge in [0.2, 0.25) is 0 Å². The molecule has 0 atom stereocenters. The van der Waals surface area contributed by atoms with Crippen LogP contribution in [0.5, 0.6) is 0 Å². The molecule has 0 amide bonds. The predicted octanol–water partition coefficient (Wildman–Crippen LogP) is 4.55. The maximum absolute atomic E-state index is 14.4. The highest BCUT2D eigenvalue weighted by molar-refractivity contribution is 5.79. The summed E-state index contributed by atoms with van der Waals surface area (Å²) in [5.41, 5.74) is 3.35. The van der Waals surface area contributed by atoms with Crippen molar-refractivity contribution >= 4 is 0 Å². The van der Waals surface area contributed by atoms with E-state index in [9.17, 15) is 13.6 Å². The lowest BCUT2D eigenvalue weighted by Crippen LogP contribution is -2.25.